The third kappa shape index (κ3) is 3.26. The third-order valence-electron chi connectivity index (χ3n) is 3.12. The van der Waals surface area contributed by atoms with Crippen LogP contribution in [-0.4, -0.2) is 17.9 Å². The highest BCUT2D eigenvalue weighted by molar-refractivity contribution is 9.10. The summed E-state index contributed by atoms with van der Waals surface area (Å²) in [6.07, 6.45) is 1.85. The molecule has 0 radical (unpaired) electrons. The maximum atomic E-state index is 4.61. The lowest BCUT2D eigenvalue weighted by Gasteiger charge is -2.03. The molecule has 3 rings (SSSR count). The average Bonchev–Trinajstić information content (AvgIpc) is 2.97. The Hall–Kier alpha value is -1.98. The van der Waals surface area contributed by atoms with Gasteiger partial charge in [0.2, 0.25) is 4.80 Å². The van der Waals surface area contributed by atoms with Crippen molar-refractivity contribution >= 4 is 33.5 Å². The van der Waals surface area contributed by atoms with E-state index in [2.05, 4.69) is 43.5 Å². The Kier molecular flexibility index (Phi) is 4.65. The molecular formula is C17H14BrN3S. The van der Waals surface area contributed by atoms with E-state index < -0.39 is 0 Å². The number of halogens is 1. The Morgan fingerprint density at radius 1 is 1.09 bits per heavy atom. The van der Waals surface area contributed by atoms with Gasteiger partial charge in [-0.3, -0.25) is 4.99 Å². The van der Waals surface area contributed by atoms with Crippen LogP contribution in [0.15, 0.2) is 74.5 Å². The van der Waals surface area contributed by atoms with Crippen molar-refractivity contribution in [1.82, 2.24) is 4.68 Å². The molecule has 3 aromatic rings. The highest BCUT2D eigenvalue weighted by Gasteiger charge is 2.06. The van der Waals surface area contributed by atoms with Crippen LogP contribution in [0.5, 0.6) is 0 Å². The van der Waals surface area contributed by atoms with Gasteiger partial charge >= 0.3 is 0 Å². The number of aromatic nitrogens is 1. The van der Waals surface area contributed by atoms with E-state index in [9.17, 15) is 0 Å². The standard InChI is InChI=1S/C17H14BrN3S/c1-19-17-21(20-11-13-6-5-9-15(18)10-13)16(12-22-17)14-7-3-2-4-8-14/h2-12H,1H3. The van der Waals surface area contributed by atoms with Crippen LogP contribution in [-0.2, 0) is 0 Å². The summed E-state index contributed by atoms with van der Waals surface area (Å²) in [7, 11) is 1.78. The van der Waals surface area contributed by atoms with Crippen LogP contribution in [0, 0.1) is 0 Å². The van der Waals surface area contributed by atoms with Crippen molar-refractivity contribution in [2.75, 3.05) is 7.05 Å². The first-order chi connectivity index (χ1) is 10.8. The van der Waals surface area contributed by atoms with Gasteiger partial charge in [-0.1, -0.05) is 58.4 Å². The summed E-state index contributed by atoms with van der Waals surface area (Å²) in [5.74, 6) is 0. The Balaban J connectivity index is 2.05. The summed E-state index contributed by atoms with van der Waals surface area (Å²) in [6.45, 7) is 0. The molecule has 5 heteroatoms. The van der Waals surface area contributed by atoms with Crippen LogP contribution in [0.4, 0.5) is 0 Å². The van der Waals surface area contributed by atoms with Crippen molar-refractivity contribution in [1.29, 1.82) is 0 Å². The first-order valence-electron chi connectivity index (χ1n) is 6.76. The molecule has 0 aliphatic carbocycles. The molecule has 2 aromatic carbocycles. The maximum Gasteiger partial charge on any atom is 0.205 e. The molecule has 0 aliphatic rings. The Bertz CT molecular complexity index is 863. The Labute approximate surface area is 141 Å². The van der Waals surface area contributed by atoms with Gasteiger partial charge < -0.3 is 0 Å². The van der Waals surface area contributed by atoms with E-state index in [1.807, 2.05) is 53.4 Å². The van der Waals surface area contributed by atoms with Crippen LogP contribution in [0.3, 0.4) is 0 Å². The minimum Gasteiger partial charge on any atom is -0.261 e. The van der Waals surface area contributed by atoms with Gasteiger partial charge in [-0.2, -0.15) is 5.10 Å². The number of hydrogen-bond donors (Lipinski definition) is 0. The molecule has 0 saturated heterocycles. The summed E-state index contributed by atoms with van der Waals surface area (Å²) in [4.78, 5) is 5.17. The normalized spacial score (nSPS) is 12.2. The van der Waals surface area contributed by atoms with Gasteiger partial charge in [-0.05, 0) is 17.7 Å². The second kappa shape index (κ2) is 6.85. The van der Waals surface area contributed by atoms with Crippen LogP contribution in [0.2, 0.25) is 0 Å². The van der Waals surface area contributed by atoms with E-state index in [4.69, 9.17) is 0 Å². The molecule has 22 heavy (non-hydrogen) atoms. The molecule has 0 N–H and O–H groups in total. The van der Waals surface area contributed by atoms with Crippen molar-refractivity contribution in [3.8, 4) is 11.3 Å². The second-order valence-corrected chi connectivity index (χ2v) is 6.36. The highest BCUT2D eigenvalue weighted by atomic mass is 79.9. The quantitative estimate of drug-likeness (QED) is 0.611. The largest absolute Gasteiger partial charge is 0.261 e. The van der Waals surface area contributed by atoms with Gasteiger partial charge in [0.05, 0.1) is 11.9 Å². The summed E-state index contributed by atoms with van der Waals surface area (Å²) in [5, 5.41) is 6.69. The van der Waals surface area contributed by atoms with Crippen LogP contribution >= 0.6 is 27.3 Å². The lowest BCUT2D eigenvalue weighted by atomic mass is 10.2. The number of benzene rings is 2. The van der Waals surface area contributed by atoms with E-state index in [0.717, 1.165) is 26.1 Å². The Morgan fingerprint density at radius 2 is 1.91 bits per heavy atom. The zero-order valence-corrected chi connectivity index (χ0v) is 14.4. The smallest absolute Gasteiger partial charge is 0.205 e. The number of hydrogen-bond acceptors (Lipinski definition) is 3. The van der Waals surface area contributed by atoms with Crippen LogP contribution in [0.1, 0.15) is 5.56 Å². The number of rotatable bonds is 3. The van der Waals surface area contributed by atoms with Crippen molar-refractivity contribution in [3.63, 3.8) is 0 Å². The first-order valence-corrected chi connectivity index (χ1v) is 8.44. The molecule has 0 spiro atoms. The average molecular weight is 372 g/mol. The zero-order valence-electron chi connectivity index (χ0n) is 12.0. The van der Waals surface area contributed by atoms with Crippen LogP contribution in [0.25, 0.3) is 11.3 Å². The van der Waals surface area contributed by atoms with E-state index in [-0.39, 0.29) is 0 Å². The molecular weight excluding hydrogens is 358 g/mol. The third-order valence-corrected chi connectivity index (χ3v) is 4.52. The van der Waals surface area contributed by atoms with Crippen molar-refractivity contribution < 1.29 is 0 Å². The molecule has 0 bridgehead atoms. The lowest BCUT2D eigenvalue weighted by molar-refractivity contribution is 0.848. The molecule has 110 valence electrons. The van der Waals surface area contributed by atoms with Crippen LogP contribution < -0.4 is 4.80 Å². The van der Waals surface area contributed by atoms with Crippen molar-refractivity contribution in [2.24, 2.45) is 10.1 Å². The molecule has 0 saturated carbocycles. The predicted molar refractivity (Wildman–Crippen MR) is 96.4 cm³/mol. The zero-order chi connectivity index (χ0) is 15.4. The SMILES string of the molecule is CN=c1scc(-c2ccccc2)n1N=Cc1cccc(Br)c1. The molecule has 0 fully saturated rings. The van der Waals surface area contributed by atoms with E-state index >= 15 is 0 Å². The highest BCUT2D eigenvalue weighted by Crippen LogP contribution is 2.19. The van der Waals surface area contributed by atoms with E-state index in [1.165, 1.54) is 0 Å². The van der Waals surface area contributed by atoms with Gasteiger partial charge in [-0.25, -0.2) is 4.68 Å². The summed E-state index contributed by atoms with van der Waals surface area (Å²) < 4.78 is 2.91. The maximum absolute atomic E-state index is 4.61. The van der Waals surface area contributed by atoms with E-state index in [1.54, 1.807) is 18.4 Å². The van der Waals surface area contributed by atoms with Crippen molar-refractivity contribution in [3.05, 3.63) is 74.8 Å². The fourth-order valence-electron chi connectivity index (χ4n) is 2.08. The van der Waals surface area contributed by atoms with Gasteiger partial charge in [0, 0.05) is 22.5 Å². The van der Waals surface area contributed by atoms with Gasteiger partial charge in [0.25, 0.3) is 0 Å². The molecule has 0 amide bonds. The van der Waals surface area contributed by atoms with E-state index in [0.29, 0.717) is 0 Å². The fourth-order valence-corrected chi connectivity index (χ4v) is 3.30. The molecule has 0 atom stereocenters. The number of thiazole rings is 1. The Morgan fingerprint density at radius 3 is 2.64 bits per heavy atom. The monoisotopic (exact) mass is 371 g/mol. The summed E-state index contributed by atoms with van der Waals surface area (Å²) in [6, 6.07) is 18.3. The summed E-state index contributed by atoms with van der Waals surface area (Å²) >= 11 is 5.06. The predicted octanol–water partition coefficient (Wildman–Crippen LogP) is 4.39. The first kappa shape index (κ1) is 14.9. The fraction of sp³-hybridized carbons (Fsp3) is 0.0588. The number of nitrogens with zero attached hydrogens (tertiary/aromatic N) is 3. The molecule has 1 heterocycles. The topological polar surface area (TPSA) is 29.6 Å². The van der Waals surface area contributed by atoms with Gasteiger partial charge in [0.1, 0.15) is 0 Å². The van der Waals surface area contributed by atoms with Gasteiger partial charge in [0.15, 0.2) is 0 Å². The lowest BCUT2D eigenvalue weighted by Crippen LogP contribution is -2.11. The molecule has 1 aromatic heterocycles. The molecule has 3 nitrogen and oxygen atoms in total. The minimum atomic E-state index is 0.866. The van der Waals surface area contributed by atoms with Crippen molar-refractivity contribution in [2.45, 2.75) is 0 Å². The molecule has 0 unspecified atom stereocenters. The molecule has 0 aliphatic heterocycles. The summed E-state index contributed by atoms with van der Waals surface area (Å²) in [5.41, 5.74) is 3.20. The van der Waals surface area contributed by atoms with Gasteiger partial charge in [-0.15, -0.1) is 11.3 Å². The minimum absolute atomic E-state index is 0.866. The second-order valence-electron chi connectivity index (χ2n) is 4.60.